The van der Waals surface area contributed by atoms with Crippen LogP contribution >= 0.6 is 0 Å². The number of carbonyl (C=O) groups excluding carboxylic acids is 1. The number of hydrogen-bond acceptors (Lipinski definition) is 2. The fourth-order valence-electron chi connectivity index (χ4n) is 1.35. The molecule has 0 saturated heterocycles. The van der Waals surface area contributed by atoms with E-state index < -0.39 is 17.3 Å². The third-order valence-electron chi connectivity index (χ3n) is 2.35. The van der Waals surface area contributed by atoms with Gasteiger partial charge in [-0.15, -0.1) is 0 Å². The summed E-state index contributed by atoms with van der Waals surface area (Å²) in [5.41, 5.74) is -2.31. The fourth-order valence-corrected chi connectivity index (χ4v) is 1.35. The summed E-state index contributed by atoms with van der Waals surface area (Å²) in [5.74, 6) is -0.0886. The zero-order valence-corrected chi connectivity index (χ0v) is 9.25. The van der Waals surface area contributed by atoms with Gasteiger partial charge in [-0.1, -0.05) is 6.92 Å². The van der Waals surface area contributed by atoms with Gasteiger partial charge in [0.2, 0.25) is 0 Å². The van der Waals surface area contributed by atoms with Crippen LogP contribution < -0.4 is 5.56 Å². The molecule has 0 atom stereocenters. The molecule has 1 aromatic heterocycles. The molecular weight excluding hydrogens is 235 g/mol. The van der Waals surface area contributed by atoms with Gasteiger partial charge in [-0.05, 0) is 12.1 Å². The summed E-state index contributed by atoms with van der Waals surface area (Å²) in [6.45, 7) is 1.65. The fraction of sp³-hybridized carbons (Fsp3) is 0.455. The van der Waals surface area contributed by atoms with E-state index in [0.717, 1.165) is 16.7 Å². The van der Waals surface area contributed by atoms with Crippen molar-refractivity contribution in [1.29, 1.82) is 0 Å². The van der Waals surface area contributed by atoms with Gasteiger partial charge >= 0.3 is 6.18 Å². The quantitative estimate of drug-likeness (QED) is 0.818. The van der Waals surface area contributed by atoms with Gasteiger partial charge in [-0.2, -0.15) is 13.2 Å². The first kappa shape index (κ1) is 13.5. The third kappa shape index (κ3) is 3.44. The minimum absolute atomic E-state index is 0.0184. The zero-order chi connectivity index (χ0) is 13.1. The molecule has 0 bridgehead atoms. The molecule has 1 aromatic rings. The number of aromatic nitrogens is 1. The van der Waals surface area contributed by atoms with Gasteiger partial charge in [0.15, 0.2) is 0 Å². The maximum absolute atomic E-state index is 12.4. The average molecular weight is 247 g/mol. The molecule has 0 aliphatic carbocycles. The number of halogens is 3. The molecule has 0 radical (unpaired) electrons. The smallest absolute Gasteiger partial charge is 0.315 e. The van der Waals surface area contributed by atoms with Crippen LogP contribution in [0.1, 0.15) is 25.3 Å². The molecule has 0 unspecified atom stereocenters. The Morgan fingerprint density at radius 2 is 2.06 bits per heavy atom. The topological polar surface area (TPSA) is 39.1 Å². The van der Waals surface area contributed by atoms with Gasteiger partial charge in [0.25, 0.3) is 5.56 Å². The Balaban J connectivity index is 2.96. The Morgan fingerprint density at radius 1 is 1.41 bits per heavy atom. The van der Waals surface area contributed by atoms with E-state index in [4.69, 9.17) is 0 Å². The van der Waals surface area contributed by atoms with E-state index in [1.54, 1.807) is 6.92 Å². The van der Waals surface area contributed by atoms with Crippen molar-refractivity contribution in [1.82, 2.24) is 4.57 Å². The molecule has 17 heavy (non-hydrogen) atoms. The van der Waals surface area contributed by atoms with Crippen LogP contribution in [0.15, 0.2) is 23.1 Å². The van der Waals surface area contributed by atoms with E-state index >= 15 is 0 Å². The van der Waals surface area contributed by atoms with Crippen molar-refractivity contribution in [3.63, 3.8) is 0 Å². The van der Waals surface area contributed by atoms with Crippen molar-refractivity contribution in [2.24, 2.45) is 0 Å². The highest BCUT2D eigenvalue weighted by atomic mass is 19.4. The Labute approximate surface area is 95.9 Å². The lowest BCUT2D eigenvalue weighted by Crippen LogP contribution is -2.28. The average Bonchev–Trinajstić information content (AvgIpc) is 2.25. The summed E-state index contributed by atoms with van der Waals surface area (Å²) in [5, 5.41) is 0. The lowest BCUT2D eigenvalue weighted by Gasteiger charge is -2.09. The van der Waals surface area contributed by atoms with Gasteiger partial charge in [0, 0.05) is 25.6 Å². The molecule has 0 amide bonds. The number of hydrogen-bond donors (Lipinski definition) is 0. The van der Waals surface area contributed by atoms with E-state index in [0.29, 0.717) is 6.42 Å². The minimum Gasteiger partial charge on any atom is -0.315 e. The summed E-state index contributed by atoms with van der Waals surface area (Å²) in [4.78, 5) is 22.5. The number of aryl methyl sites for hydroxylation is 1. The van der Waals surface area contributed by atoms with E-state index in [2.05, 4.69) is 0 Å². The molecule has 3 nitrogen and oxygen atoms in total. The highest BCUT2D eigenvalue weighted by Crippen LogP contribution is 2.25. The second-order valence-electron chi connectivity index (χ2n) is 3.56. The molecule has 0 aliphatic heterocycles. The van der Waals surface area contributed by atoms with E-state index in [-0.39, 0.29) is 18.7 Å². The molecule has 1 rings (SSSR count). The van der Waals surface area contributed by atoms with Crippen LogP contribution in [0.4, 0.5) is 13.2 Å². The largest absolute Gasteiger partial charge is 0.421 e. The van der Waals surface area contributed by atoms with Gasteiger partial charge in [-0.25, -0.2) is 0 Å². The van der Waals surface area contributed by atoms with Crippen LogP contribution in [-0.2, 0) is 17.5 Å². The van der Waals surface area contributed by atoms with E-state index in [9.17, 15) is 22.8 Å². The monoisotopic (exact) mass is 247 g/mol. The molecule has 0 saturated carbocycles. The number of rotatable bonds is 4. The van der Waals surface area contributed by atoms with E-state index in [1.807, 2.05) is 0 Å². The SMILES string of the molecule is CCC(=O)CCn1cccc(C(F)(F)F)c1=O. The molecule has 0 aromatic carbocycles. The second kappa shape index (κ2) is 5.16. The molecule has 1 heterocycles. The van der Waals surface area contributed by atoms with Crippen LogP contribution in [0.2, 0.25) is 0 Å². The summed E-state index contributed by atoms with van der Waals surface area (Å²) < 4.78 is 38.2. The Morgan fingerprint density at radius 3 is 2.59 bits per heavy atom. The van der Waals surface area contributed by atoms with Gasteiger partial charge in [0.1, 0.15) is 11.3 Å². The van der Waals surface area contributed by atoms with Crippen molar-refractivity contribution < 1.29 is 18.0 Å². The number of ketones is 1. The summed E-state index contributed by atoms with van der Waals surface area (Å²) in [6.07, 6.45) is -3.03. The highest BCUT2D eigenvalue weighted by molar-refractivity contribution is 5.77. The summed E-state index contributed by atoms with van der Waals surface area (Å²) >= 11 is 0. The number of Topliss-reactive ketones (excluding diaryl/α,β-unsaturated/α-hetero) is 1. The van der Waals surface area contributed by atoms with Gasteiger partial charge in [-0.3, -0.25) is 9.59 Å². The van der Waals surface area contributed by atoms with Crippen molar-refractivity contribution in [2.45, 2.75) is 32.5 Å². The molecule has 0 aliphatic rings. The lowest BCUT2D eigenvalue weighted by molar-refractivity contribution is -0.138. The first-order chi connectivity index (χ1) is 7.86. The van der Waals surface area contributed by atoms with Crippen molar-refractivity contribution >= 4 is 5.78 Å². The number of carbonyl (C=O) groups is 1. The maximum Gasteiger partial charge on any atom is 0.421 e. The summed E-state index contributed by atoms with van der Waals surface area (Å²) in [6, 6.07) is 1.89. The molecule has 0 spiro atoms. The molecule has 6 heteroatoms. The second-order valence-corrected chi connectivity index (χ2v) is 3.56. The van der Waals surface area contributed by atoms with Crippen molar-refractivity contribution in [3.05, 3.63) is 34.2 Å². The van der Waals surface area contributed by atoms with Crippen LogP contribution in [0.3, 0.4) is 0 Å². The molecule has 0 N–H and O–H groups in total. The number of alkyl halides is 3. The Kier molecular flexibility index (Phi) is 4.09. The number of pyridine rings is 1. The molecular formula is C11H12F3NO2. The molecule has 94 valence electrons. The lowest BCUT2D eigenvalue weighted by atomic mass is 10.2. The normalized spacial score (nSPS) is 11.5. The number of nitrogens with zero attached hydrogens (tertiary/aromatic N) is 1. The third-order valence-corrected chi connectivity index (χ3v) is 2.35. The maximum atomic E-state index is 12.4. The van der Waals surface area contributed by atoms with E-state index in [1.165, 1.54) is 6.20 Å². The van der Waals surface area contributed by atoms with Gasteiger partial charge < -0.3 is 4.57 Å². The molecule has 0 fully saturated rings. The van der Waals surface area contributed by atoms with Crippen LogP contribution in [0.25, 0.3) is 0 Å². The Hall–Kier alpha value is -1.59. The Bertz CT molecular complexity index is 463. The predicted octanol–water partition coefficient (Wildman–Crippen LogP) is 2.24. The van der Waals surface area contributed by atoms with Gasteiger partial charge in [0.05, 0.1) is 0 Å². The predicted molar refractivity (Wildman–Crippen MR) is 55.6 cm³/mol. The standard InChI is InChI=1S/C11H12F3NO2/c1-2-8(16)5-7-15-6-3-4-9(10(15)17)11(12,13)14/h3-4,6H,2,5,7H2,1H3. The van der Waals surface area contributed by atoms with Crippen molar-refractivity contribution in [2.75, 3.05) is 0 Å². The minimum atomic E-state index is -4.66. The van der Waals surface area contributed by atoms with Crippen LogP contribution in [0, 0.1) is 0 Å². The van der Waals surface area contributed by atoms with Crippen LogP contribution in [-0.4, -0.2) is 10.4 Å². The first-order valence-electron chi connectivity index (χ1n) is 5.14. The highest BCUT2D eigenvalue weighted by Gasteiger charge is 2.34. The first-order valence-corrected chi connectivity index (χ1v) is 5.14. The summed E-state index contributed by atoms with van der Waals surface area (Å²) in [7, 11) is 0. The van der Waals surface area contributed by atoms with Crippen LogP contribution in [0.5, 0.6) is 0 Å². The zero-order valence-electron chi connectivity index (χ0n) is 9.25. The van der Waals surface area contributed by atoms with Crippen molar-refractivity contribution in [3.8, 4) is 0 Å².